The minimum atomic E-state index is -0.135. The predicted molar refractivity (Wildman–Crippen MR) is 199 cm³/mol. The molecule has 1 aromatic heterocycles. The van der Waals surface area contributed by atoms with Gasteiger partial charge in [0.15, 0.2) is 17.5 Å². The molecule has 0 saturated heterocycles. The molecule has 4 aliphatic rings. The van der Waals surface area contributed by atoms with Crippen molar-refractivity contribution in [2.45, 2.75) is 18.4 Å². The third-order valence-electron chi connectivity index (χ3n) is 10.2. The number of fused-ring (bicyclic) bond motifs is 7. The van der Waals surface area contributed by atoms with Crippen molar-refractivity contribution in [1.29, 1.82) is 0 Å². The highest BCUT2D eigenvalue weighted by atomic mass is 16.5. The van der Waals surface area contributed by atoms with Crippen LogP contribution in [-0.4, -0.2) is 21.1 Å². The Labute approximate surface area is 284 Å². The van der Waals surface area contributed by atoms with E-state index in [2.05, 4.69) is 140 Å². The summed E-state index contributed by atoms with van der Waals surface area (Å²) in [5, 5.41) is 5.04. The molecule has 4 nitrogen and oxygen atoms in total. The second-order valence-corrected chi connectivity index (χ2v) is 13.1. The normalized spacial score (nSPS) is 20.2. The van der Waals surface area contributed by atoms with Crippen molar-refractivity contribution >= 4 is 32.7 Å². The first-order valence-electron chi connectivity index (χ1n) is 16.9. The van der Waals surface area contributed by atoms with E-state index in [1.54, 1.807) is 0 Å². The van der Waals surface area contributed by atoms with Gasteiger partial charge in [-0.15, -0.1) is 0 Å². The Morgan fingerprint density at radius 1 is 0.612 bits per heavy atom. The highest BCUT2D eigenvalue weighted by molar-refractivity contribution is 6.08. The van der Waals surface area contributed by atoms with E-state index in [4.69, 9.17) is 19.7 Å². The molecule has 3 unspecified atom stereocenters. The Morgan fingerprint density at radius 2 is 1.41 bits per heavy atom. The van der Waals surface area contributed by atoms with Crippen molar-refractivity contribution in [3.05, 3.63) is 181 Å². The Hall–Kier alpha value is -6.13. The molecule has 6 aromatic rings. The van der Waals surface area contributed by atoms with Crippen molar-refractivity contribution in [1.82, 2.24) is 15.0 Å². The standard InChI is InChI=1S/C45H31N3O/c1-2-11-30(12-3-1)43-46-44(35-20-17-28-9-4-5-13-31(28)26-35)48-45(47-43)38-15-8-16-41-42(38)39-27-33(22-24-40(39)49-41)32-21-23-37-34(25-32)19-18-29-10-6-7-14-36(29)37/h1-16,18-28,41-42H,17H2. The lowest BCUT2D eigenvalue weighted by Crippen LogP contribution is -2.21. The molecule has 0 amide bonds. The molecular weight excluding hydrogens is 599 g/mol. The van der Waals surface area contributed by atoms with E-state index >= 15 is 0 Å². The minimum Gasteiger partial charge on any atom is -0.485 e. The van der Waals surface area contributed by atoms with Gasteiger partial charge < -0.3 is 4.74 Å². The van der Waals surface area contributed by atoms with Crippen LogP contribution in [0.5, 0.6) is 5.75 Å². The molecule has 1 aliphatic heterocycles. The SMILES string of the molecule is C1=CC2=CC(c3nc(C4=CC=CC5Oc6ccc(-c7ccc8c(ccc9ccccc98)c7)cc6C45)nc(-c4ccccc4)n3)=CCC2C=C1. The summed E-state index contributed by atoms with van der Waals surface area (Å²) >= 11 is 0. The Bertz CT molecular complexity index is 2520. The van der Waals surface area contributed by atoms with Gasteiger partial charge in [-0.1, -0.05) is 127 Å². The van der Waals surface area contributed by atoms with Crippen molar-refractivity contribution in [3.63, 3.8) is 0 Å². The van der Waals surface area contributed by atoms with Crippen LogP contribution in [0, 0.1) is 5.92 Å². The van der Waals surface area contributed by atoms with Crippen LogP contribution in [0.4, 0.5) is 0 Å². The minimum absolute atomic E-state index is 0.0438. The zero-order chi connectivity index (χ0) is 32.3. The number of ether oxygens (including phenoxy) is 1. The van der Waals surface area contributed by atoms with Crippen LogP contribution in [0.15, 0.2) is 163 Å². The molecule has 2 heterocycles. The maximum atomic E-state index is 6.56. The first-order valence-corrected chi connectivity index (χ1v) is 16.9. The van der Waals surface area contributed by atoms with E-state index in [0.29, 0.717) is 23.4 Å². The van der Waals surface area contributed by atoms with E-state index in [1.165, 1.54) is 32.7 Å². The molecule has 10 rings (SSSR count). The highest BCUT2D eigenvalue weighted by Gasteiger charge is 2.39. The summed E-state index contributed by atoms with van der Waals surface area (Å²) in [7, 11) is 0. The van der Waals surface area contributed by atoms with E-state index < -0.39 is 0 Å². The van der Waals surface area contributed by atoms with Gasteiger partial charge in [0, 0.05) is 28.2 Å². The molecule has 0 radical (unpaired) electrons. The summed E-state index contributed by atoms with van der Waals surface area (Å²) in [5.41, 5.74) is 7.82. The van der Waals surface area contributed by atoms with Gasteiger partial charge in [0.1, 0.15) is 11.9 Å². The highest BCUT2D eigenvalue weighted by Crippen LogP contribution is 2.49. The lowest BCUT2D eigenvalue weighted by atomic mass is 9.83. The van der Waals surface area contributed by atoms with Crippen molar-refractivity contribution in [2.75, 3.05) is 0 Å². The zero-order valence-electron chi connectivity index (χ0n) is 26.7. The lowest BCUT2D eigenvalue weighted by Gasteiger charge is -2.23. The summed E-state index contributed by atoms with van der Waals surface area (Å²) in [6.45, 7) is 0. The van der Waals surface area contributed by atoms with Crippen molar-refractivity contribution in [2.24, 2.45) is 5.92 Å². The molecule has 4 heteroatoms. The Balaban J connectivity index is 1.07. The number of hydrogen-bond donors (Lipinski definition) is 0. The molecule has 0 bridgehead atoms. The second-order valence-electron chi connectivity index (χ2n) is 13.1. The maximum Gasteiger partial charge on any atom is 0.164 e. The molecule has 0 saturated carbocycles. The number of rotatable bonds is 4. The fourth-order valence-corrected chi connectivity index (χ4v) is 7.71. The fraction of sp³-hybridized carbons (Fsp3) is 0.0889. The zero-order valence-corrected chi connectivity index (χ0v) is 26.7. The maximum absolute atomic E-state index is 6.56. The molecule has 0 spiro atoms. The van der Waals surface area contributed by atoms with Crippen LogP contribution in [0.2, 0.25) is 0 Å². The summed E-state index contributed by atoms with van der Waals surface area (Å²) in [4.78, 5) is 15.3. The number of hydrogen-bond acceptors (Lipinski definition) is 4. The van der Waals surface area contributed by atoms with Crippen molar-refractivity contribution in [3.8, 4) is 28.3 Å². The topological polar surface area (TPSA) is 47.9 Å². The van der Waals surface area contributed by atoms with Gasteiger partial charge in [-0.05, 0) is 75.0 Å². The molecule has 3 atom stereocenters. The Morgan fingerprint density at radius 3 is 2.37 bits per heavy atom. The van der Waals surface area contributed by atoms with Crippen LogP contribution < -0.4 is 4.74 Å². The lowest BCUT2D eigenvalue weighted by molar-refractivity contribution is 0.271. The molecule has 0 fully saturated rings. The summed E-state index contributed by atoms with van der Waals surface area (Å²) < 4.78 is 6.56. The first-order chi connectivity index (χ1) is 24.2. The van der Waals surface area contributed by atoms with E-state index in [9.17, 15) is 0 Å². The first kappa shape index (κ1) is 27.9. The average molecular weight is 630 g/mol. The number of benzene rings is 5. The van der Waals surface area contributed by atoms with Gasteiger partial charge in [0.25, 0.3) is 0 Å². The van der Waals surface area contributed by atoms with E-state index in [1.807, 2.05) is 18.2 Å². The molecule has 5 aromatic carbocycles. The molecule has 49 heavy (non-hydrogen) atoms. The van der Waals surface area contributed by atoms with Gasteiger partial charge in [-0.3, -0.25) is 0 Å². The third-order valence-corrected chi connectivity index (χ3v) is 10.2. The summed E-state index contributed by atoms with van der Waals surface area (Å²) in [6, 6.07) is 36.6. The monoisotopic (exact) mass is 629 g/mol. The van der Waals surface area contributed by atoms with E-state index in [0.717, 1.165) is 40.0 Å². The van der Waals surface area contributed by atoms with Crippen molar-refractivity contribution < 1.29 is 4.74 Å². The third kappa shape index (κ3) is 4.79. The van der Waals surface area contributed by atoms with Crippen LogP contribution in [0.3, 0.4) is 0 Å². The second kappa shape index (κ2) is 11.2. The van der Waals surface area contributed by atoms with Gasteiger partial charge in [-0.2, -0.15) is 0 Å². The van der Waals surface area contributed by atoms with Crippen LogP contribution in [0.25, 0.3) is 55.2 Å². The summed E-state index contributed by atoms with van der Waals surface area (Å²) in [5.74, 6) is 3.31. The molecule has 232 valence electrons. The smallest absolute Gasteiger partial charge is 0.164 e. The van der Waals surface area contributed by atoms with Gasteiger partial charge in [0.05, 0.1) is 5.92 Å². The van der Waals surface area contributed by atoms with Gasteiger partial charge in [0.2, 0.25) is 0 Å². The molecule has 3 aliphatic carbocycles. The number of aromatic nitrogens is 3. The van der Waals surface area contributed by atoms with Gasteiger partial charge >= 0.3 is 0 Å². The van der Waals surface area contributed by atoms with Crippen LogP contribution >= 0.6 is 0 Å². The van der Waals surface area contributed by atoms with Gasteiger partial charge in [-0.25, -0.2) is 15.0 Å². The number of nitrogens with zero attached hydrogens (tertiary/aromatic N) is 3. The molecule has 0 N–H and O–H groups in total. The Kier molecular flexibility index (Phi) is 6.41. The quantitative estimate of drug-likeness (QED) is 0.182. The predicted octanol–water partition coefficient (Wildman–Crippen LogP) is 10.5. The van der Waals surface area contributed by atoms with Crippen LogP contribution in [-0.2, 0) is 0 Å². The molecular formula is C45H31N3O. The number of allylic oxidation sites excluding steroid dienone is 10. The van der Waals surface area contributed by atoms with Crippen LogP contribution in [0.1, 0.15) is 29.6 Å². The fourth-order valence-electron chi connectivity index (χ4n) is 7.71. The summed E-state index contributed by atoms with van der Waals surface area (Å²) in [6.07, 6.45) is 20.3. The van der Waals surface area contributed by atoms with E-state index in [-0.39, 0.29) is 12.0 Å². The largest absolute Gasteiger partial charge is 0.485 e. The average Bonchev–Trinajstić information content (AvgIpc) is 3.56.